The van der Waals surface area contributed by atoms with Crippen LogP contribution in [0.4, 0.5) is 0 Å². The third kappa shape index (κ3) is 3.88. The summed E-state index contributed by atoms with van der Waals surface area (Å²) in [7, 11) is 0. The number of carboxylic acids is 1. The van der Waals surface area contributed by atoms with Gasteiger partial charge in [0, 0.05) is 28.8 Å². The highest BCUT2D eigenvalue weighted by molar-refractivity contribution is 6.07. The first-order chi connectivity index (χ1) is 11.6. The molecule has 3 rings (SSSR count). The second-order valence-corrected chi connectivity index (χ2v) is 6.41. The van der Waals surface area contributed by atoms with Crippen LogP contribution in [0, 0.1) is 5.92 Å². The Labute approximate surface area is 141 Å². The second kappa shape index (κ2) is 7.39. The van der Waals surface area contributed by atoms with Gasteiger partial charge in [-0.05, 0) is 43.4 Å². The Morgan fingerprint density at radius 2 is 1.92 bits per heavy atom. The molecule has 3 aromatic rings. The Bertz CT molecular complexity index is 837. The van der Waals surface area contributed by atoms with Crippen LogP contribution in [0.15, 0.2) is 42.5 Å². The molecule has 1 heterocycles. The van der Waals surface area contributed by atoms with Crippen LogP contribution in [0.3, 0.4) is 0 Å². The Kier molecular flexibility index (Phi) is 5.04. The third-order valence-corrected chi connectivity index (χ3v) is 4.44. The standard InChI is InChI=1S/C20H23NO3/c1-14(8-11-20(22)23)5-4-12-24-15-9-10-17-16-6-2-3-7-18(16)21-19(17)13-15/h2-3,6-7,9-10,13-14,21H,4-5,8,11-12H2,1H3,(H,22,23). The van der Waals surface area contributed by atoms with Gasteiger partial charge in [0.25, 0.3) is 0 Å². The molecule has 126 valence electrons. The van der Waals surface area contributed by atoms with Gasteiger partial charge in [-0.15, -0.1) is 0 Å². The molecule has 4 nitrogen and oxygen atoms in total. The number of benzene rings is 2. The number of carbonyl (C=O) groups is 1. The summed E-state index contributed by atoms with van der Waals surface area (Å²) < 4.78 is 5.85. The monoisotopic (exact) mass is 325 g/mol. The summed E-state index contributed by atoms with van der Waals surface area (Å²) in [6.45, 7) is 2.75. The zero-order chi connectivity index (χ0) is 16.9. The summed E-state index contributed by atoms with van der Waals surface area (Å²) in [5.74, 6) is 0.567. The SMILES string of the molecule is CC(CCCOc1ccc2c(c1)[nH]c1ccccc12)CCC(=O)O. The van der Waals surface area contributed by atoms with Gasteiger partial charge in [0.15, 0.2) is 0 Å². The first-order valence-electron chi connectivity index (χ1n) is 8.48. The number of carboxylic acid groups (broad SMARTS) is 1. The average molecular weight is 325 g/mol. The van der Waals surface area contributed by atoms with E-state index in [1.807, 2.05) is 24.3 Å². The molecule has 1 atom stereocenters. The Morgan fingerprint density at radius 3 is 2.75 bits per heavy atom. The topological polar surface area (TPSA) is 62.3 Å². The summed E-state index contributed by atoms with van der Waals surface area (Å²) in [4.78, 5) is 14.0. The lowest BCUT2D eigenvalue weighted by molar-refractivity contribution is -0.137. The van der Waals surface area contributed by atoms with Crippen LogP contribution in [0.5, 0.6) is 5.75 Å². The van der Waals surface area contributed by atoms with Gasteiger partial charge >= 0.3 is 5.97 Å². The predicted molar refractivity (Wildman–Crippen MR) is 96.6 cm³/mol. The molecule has 2 aromatic carbocycles. The lowest BCUT2D eigenvalue weighted by Crippen LogP contribution is -2.04. The van der Waals surface area contributed by atoms with Gasteiger partial charge in [0.2, 0.25) is 0 Å². The molecule has 0 fully saturated rings. The van der Waals surface area contributed by atoms with E-state index in [2.05, 4.69) is 30.1 Å². The van der Waals surface area contributed by atoms with E-state index in [0.717, 1.165) is 36.0 Å². The minimum Gasteiger partial charge on any atom is -0.494 e. The highest BCUT2D eigenvalue weighted by Crippen LogP contribution is 2.28. The number of H-pyrrole nitrogens is 1. The van der Waals surface area contributed by atoms with Gasteiger partial charge in [-0.3, -0.25) is 4.79 Å². The number of aromatic amines is 1. The number of ether oxygens (including phenoxy) is 1. The van der Waals surface area contributed by atoms with Crippen molar-refractivity contribution in [2.24, 2.45) is 5.92 Å². The normalized spacial score (nSPS) is 12.5. The molecular formula is C20H23NO3. The van der Waals surface area contributed by atoms with Crippen LogP contribution in [0.1, 0.15) is 32.6 Å². The smallest absolute Gasteiger partial charge is 0.303 e. The Morgan fingerprint density at radius 1 is 1.12 bits per heavy atom. The zero-order valence-electron chi connectivity index (χ0n) is 13.9. The van der Waals surface area contributed by atoms with Crippen LogP contribution in [-0.2, 0) is 4.79 Å². The highest BCUT2D eigenvalue weighted by atomic mass is 16.5. The molecule has 0 spiro atoms. The van der Waals surface area contributed by atoms with Crippen LogP contribution in [0.2, 0.25) is 0 Å². The fourth-order valence-electron chi connectivity index (χ4n) is 3.06. The van der Waals surface area contributed by atoms with E-state index in [0.29, 0.717) is 12.5 Å². The number of para-hydroxylation sites is 1. The largest absolute Gasteiger partial charge is 0.494 e. The van der Waals surface area contributed by atoms with E-state index in [1.165, 1.54) is 10.8 Å². The van der Waals surface area contributed by atoms with Gasteiger partial charge in [-0.2, -0.15) is 0 Å². The Hall–Kier alpha value is -2.49. The Balaban J connectivity index is 1.54. The predicted octanol–water partition coefficient (Wildman–Crippen LogP) is 4.98. The fraction of sp³-hybridized carbons (Fsp3) is 0.350. The first kappa shape index (κ1) is 16.4. The second-order valence-electron chi connectivity index (χ2n) is 6.41. The van der Waals surface area contributed by atoms with E-state index in [9.17, 15) is 4.79 Å². The quantitative estimate of drug-likeness (QED) is 0.574. The molecular weight excluding hydrogens is 302 g/mol. The number of aromatic nitrogens is 1. The molecule has 2 N–H and O–H groups in total. The molecule has 0 aliphatic rings. The molecule has 4 heteroatoms. The summed E-state index contributed by atoms with van der Waals surface area (Å²) in [6.07, 6.45) is 2.91. The van der Waals surface area contributed by atoms with Gasteiger partial charge in [0.1, 0.15) is 5.75 Å². The van der Waals surface area contributed by atoms with Crippen molar-refractivity contribution < 1.29 is 14.6 Å². The minimum atomic E-state index is -0.718. The molecule has 0 aliphatic heterocycles. The van der Waals surface area contributed by atoms with E-state index in [-0.39, 0.29) is 6.42 Å². The van der Waals surface area contributed by atoms with Crippen LogP contribution < -0.4 is 4.74 Å². The maximum Gasteiger partial charge on any atom is 0.303 e. The number of rotatable bonds is 8. The van der Waals surface area contributed by atoms with Crippen LogP contribution in [-0.4, -0.2) is 22.7 Å². The minimum absolute atomic E-state index is 0.249. The summed E-state index contributed by atoms with van der Waals surface area (Å²) in [6, 6.07) is 14.4. The van der Waals surface area contributed by atoms with Crippen molar-refractivity contribution in [3.63, 3.8) is 0 Å². The zero-order valence-corrected chi connectivity index (χ0v) is 13.9. The van der Waals surface area contributed by atoms with Crippen molar-refractivity contribution in [1.29, 1.82) is 0 Å². The lowest BCUT2D eigenvalue weighted by atomic mass is 10.0. The summed E-state index contributed by atoms with van der Waals surface area (Å²) in [5.41, 5.74) is 2.22. The van der Waals surface area contributed by atoms with E-state index >= 15 is 0 Å². The molecule has 1 aromatic heterocycles. The maximum absolute atomic E-state index is 10.6. The number of nitrogens with one attached hydrogen (secondary N) is 1. The van der Waals surface area contributed by atoms with Crippen molar-refractivity contribution in [3.8, 4) is 5.75 Å². The van der Waals surface area contributed by atoms with Crippen molar-refractivity contribution in [3.05, 3.63) is 42.5 Å². The first-order valence-corrected chi connectivity index (χ1v) is 8.48. The van der Waals surface area contributed by atoms with E-state index < -0.39 is 5.97 Å². The average Bonchev–Trinajstić information content (AvgIpc) is 2.94. The van der Waals surface area contributed by atoms with Gasteiger partial charge in [-0.1, -0.05) is 25.1 Å². The highest BCUT2D eigenvalue weighted by Gasteiger charge is 2.07. The van der Waals surface area contributed by atoms with Gasteiger partial charge in [0.05, 0.1) is 12.1 Å². The molecule has 1 unspecified atom stereocenters. The summed E-state index contributed by atoms with van der Waals surface area (Å²) in [5, 5.41) is 11.1. The summed E-state index contributed by atoms with van der Waals surface area (Å²) >= 11 is 0. The van der Waals surface area contributed by atoms with Gasteiger partial charge in [-0.25, -0.2) is 0 Å². The van der Waals surface area contributed by atoms with E-state index in [4.69, 9.17) is 9.84 Å². The molecule has 0 saturated heterocycles. The van der Waals surface area contributed by atoms with Crippen molar-refractivity contribution in [2.75, 3.05) is 6.61 Å². The third-order valence-electron chi connectivity index (χ3n) is 4.44. The molecule has 24 heavy (non-hydrogen) atoms. The number of fused-ring (bicyclic) bond motifs is 3. The van der Waals surface area contributed by atoms with Crippen molar-refractivity contribution in [2.45, 2.75) is 32.6 Å². The number of hydrogen-bond donors (Lipinski definition) is 2. The molecule has 0 saturated carbocycles. The maximum atomic E-state index is 10.6. The van der Waals surface area contributed by atoms with Crippen LogP contribution >= 0.6 is 0 Å². The number of aliphatic carboxylic acids is 1. The molecule has 0 radical (unpaired) electrons. The van der Waals surface area contributed by atoms with Crippen LogP contribution in [0.25, 0.3) is 21.8 Å². The number of hydrogen-bond acceptors (Lipinski definition) is 2. The fourth-order valence-corrected chi connectivity index (χ4v) is 3.06. The van der Waals surface area contributed by atoms with Crippen molar-refractivity contribution in [1.82, 2.24) is 4.98 Å². The molecule has 0 aliphatic carbocycles. The lowest BCUT2D eigenvalue weighted by Gasteiger charge is -2.10. The molecule has 0 bridgehead atoms. The van der Waals surface area contributed by atoms with Crippen molar-refractivity contribution >= 4 is 27.8 Å². The molecule has 0 amide bonds. The van der Waals surface area contributed by atoms with Gasteiger partial charge < -0.3 is 14.8 Å². The van der Waals surface area contributed by atoms with E-state index in [1.54, 1.807) is 0 Å².